The molecule has 1 rings (SSSR count). The summed E-state index contributed by atoms with van der Waals surface area (Å²) in [6.07, 6.45) is 1.55. The molecule has 6 nitrogen and oxygen atoms in total. The molecule has 1 aromatic rings. The zero-order chi connectivity index (χ0) is 13.0. The monoisotopic (exact) mass is 259 g/mol. The number of carbonyl (C=O) groups excluding carboxylic acids is 1. The van der Waals surface area contributed by atoms with Gasteiger partial charge in [0.05, 0.1) is 0 Å². The van der Waals surface area contributed by atoms with Crippen LogP contribution in [0.1, 0.15) is 28.0 Å². The lowest BCUT2D eigenvalue weighted by Gasteiger charge is -2.08. The average Bonchev–Trinajstić information content (AvgIpc) is 2.74. The molecule has 0 fully saturated rings. The molecular weight excluding hydrogens is 246 g/mol. The lowest BCUT2D eigenvalue weighted by molar-refractivity contribution is 0.0659. The second-order valence-corrected chi connectivity index (χ2v) is 5.29. The van der Waals surface area contributed by atoms with Crippen molar-refractivity contribution in [3.8, 4) is 0 Å². The van der Waals surface area contributed by atoms with Gasteiger partial charge in [0.1, 0.15) is 0 Å². The number of hydrogen-bond acceptors (Lipinski definition) is 4. The Morgan fingerprint density at radius 3 is 2.53 bits per heavy atom. The largest absolute Gasteiger partial charge is 0.475 e. The van der Waals surface area contributed by atoms with Crippen LogP contribution in [0.5, 0.6) is 0 Å². The fraction of sp³-hybridized carbons (Fsp3) is 0.400. The summed E-state index contributed by atoms with van der Waals surface area (Å²) in [6.45, 7) is 1.98. The van der Waals surface area contributed by atoms with Gasteiger partial charge >= 0.3 is 5.97 Å². The third kappa shape index (κ3) is 3.70. The Labute approximate surface area is 100 Å². The van der Waals surface area contributed by atoms with Crippen molar-refractivity contribution in [3.05, 3.63) is 23.7 Å². The minimum Gasteiger partial charge on any atom is -0.475 e. The number of amides is 1. The molecule has 0 saturated heterocycles. The summed E-state index contributed by atoms with van der Waals surface area (Å²) in [6, 6.07) is 2.49. The number of rotatable bonds is 5. The van der Waals surface area contributed by atoms with E-state index in [0.29, 0.717) is 0 Å². The van der Waals surface area contributed by atoms with Crippen LogP contribution in [0, 0.1) is 0 Å². The molecule has 0 saturated carbocycles. The van der Waals surface area contributed by atoms with E-state index in [2.05, 4.69) is 5.32 Å². The topological polar surface area (TPSA) is 96.6 Å². The van der Waals surface area contributed by atoms with Crippen LogP contribution in [0.25, 0.3) is 0 Å². The van der Waals surface area contributed by atoms with E-state index in [9.17, 15) is 13.8 Å². The van der Waals surface area contributed by atoms with E-state index in [0.717, 1.165) is 0 Å². The Hall–Kier alpha value is -1.63. The van der Waals surface area contributed by atoms with Crippen LogP contribution < -0.4 is 5.32 Å². The molecule has 0 spiro atoms. The standard InChI is InChI=1S/C10H13NO5S/c1-6(17(2)15)5-11-9(12)7-3-4-8(16-7)10(13)14/h3-4,6H,5H2,1-2H3,(H,11,12)(H,13,14). The van der Waals surface area contributed by atoms with Crippen LogP contribution in [-0.4, -0.2) is 39.2 Å². The third-order valence-corrected chi connectivity index (χ3v) is 3.46. The summed E-state index contributed by atoms with van der Waals surface area (Å²) in [4.78, 5) is 22.0. The van der Waals surface area contributed by atoms with E-state index in [-0.39, 0.29) is 23.3 Å². The zero-order valence-corrected chi connectivity index (χ0v) is 10.2. The SMILES string of the molecule is CC(CNC(=O)c1ccc(C(=O)O)o1)S(C)=O. The average molecular weight is 259 g/mol. The maximum absolute atomic E-state index is 11.5. The van der Waals surface area contributed by atoms with Gasteiger partial charge in [-0.2, -0.15) is 0 Å². The van der Waals surface area contributed by atoms with E-state index in [1.54, 1.807) is 13.2 Å². The van der Waals surface area contributed by atoms with E-state index < -0.39 is 22.7 Å². The van der Waals surface area contributed by atoms with Gasteiger partial charge in [-0.25, -0.2) is 4.79 Å². The van der Waals surface area contributed by atoms with Gasteiger partial charge in [-0.3, -0.25) is 9.00 Å². The maximum atomic E-state index is 11.5. The molecule has 94 valence electrons. The molecule has 7 heteroatoms. The summed E-state index contributed by atoms with van der Waals surface area (Å²) in [5, 5.41) is 10.9. The number of furan rings is 1. The van der Waals surface area contributed by atoms with E-state index in [1.807, 2.05) is 0 Å². The van der Waals surface area contributed by atoms with Gasteiger partial charge in [0, 0.05) is 28.9 Å². The van der Waals surface area contributed by atoms with Crippen LogP contribution in [0.4, 0.5) is 0 Å². The minimum atomic E-state index is -1.23. The highest BCUT2D eigenvalue weighted by molar-refractivity contribution is 7.84. The second-order valence-electron chi connectivity index (χ2n) is 3.49. The molecule has 1 heterocycles. The Kier molecular flexibility index (Phi) is 4.45. The summed E-state index contributed by atoms with van der Waals surface area (Å²) in [7, 11) is -1.02. The molecule has 1 aromatic heterocycles. The third-order valence-electron chi connectivity index (χ3n) is 2.16. The molecule has 17 heavy (non-hydrogen) atoms. The Morgan fingerprint density at radius 2 is 2.06 bits per heavy atom. The number of carboxylic acid groups (broad SMARTS) is 1. The molecule has 2 atom stereocenters. The Bertz CT molecular complexity index is 453. The summed E-state index contributed by atoms with van der Waals surface area (Å²) < 4.78 is 15.9. The first-order valence-electron chi connectivity index (χ1n) is 4.85. The Morgan fingerprint density at radius 1 is 1.47 bits per heavy atom. The first kappa shape index (κ1) is 13.4. The number of aromatic carboxylic acids is 1. The highest BCUT2D eigenvalue weighted by atomic mass is 32.2. The number of nitrogens with one attached hydrogen (secondary N) is 1. The van der Waals surface area contributed by atoms with Crippen LogP contribution in [0.3, 0.4) is 0 Å². The molecule has 0 aliphatic carbocycles. The van der Waals surface area contributed by atoms with Gasteiger partial charge in [0.25, 0.3) is 5.91 Å². The van der Waals surface area contributed by atoms with Crippen LogP contribution >= 0.6 is 0 Å². The van der Waals surface area contributed by atoms with Crippen LogP contribution in [0.2, 0.25) is 0 Å². The maximum Gasteiger partial charge on any atom is 0.371 e. The first-order chi connectivity index (χ1) is 7.91. The molecule has 0 aromatic carbocycles. The smallest absolute Gasteiger partial charge is 0.371 e. The van der Waals surface area contributed by atoms with Crippen molar-refractivity contribution >= 4 is 22.7 Å². The lowest BCUT2D eigenvalue weighted by Crippen LogP contribution is -2.32. The molecule has 1 amide bonds. The molecular formula is C10H13NO5S. The fourth-order valence-electron chi connectivity index (χ4n) is 1.02. The summed E-state index contributed by atoms with van der Waals surface area (Å²) in [5.41, 5.74) is 0. The molecule has 0 aliphatic rings. The fourth-order valence-corrected chi connectivity index (χ4v) is 1.33. The van der Waals surface area contributed by atoms with Crippen molar-refractivity contribution in [2.24, 2.45) is 0 Å². The van der Waals surface area contributed by atoms with Crippen molar-refractivity contribution in [1.29, 1.82) is 0 Å². The van der Waals surface area contributed by atoms with Gasteiger partial charge in [-0.05, 0) is 19.1 Å². The molecule has 0 aliphatic heterocycles. The van der Waals surface area contributed by atoms with Crippen molar-refractivity contribution in [2.45, 2.75) is 12.2 Å². The van der Waals surface area contributed by atoms with E-state index in [1.165, 1.54) is 12.1 Å². The van der Waals surface area contributed by atoms with Gasteiger partial charge in [-0.15, -0.1) is 0 Å². The first-order valence-corrected chi connectivity index (χ1v) is 6.47. The number of carbonyl (C=O) groups is 2. The lowest BCUT2D eigenvalue weighted by atomic mass is 10.4. The normalized spacial score (nSPS) is 14.0. The molecule has 0 bridgehead atoms. The van der Waals surface area contributed by atoms with Gasteiger partial charge in [0.15, 0.2) is 5.76 Å². The highest BCUT2D eigenvalue weighted by Gasteiger charge is 2.15. The molecule has 2 N–H and O–H groups in total. The van der Waals surface area contributed by atoms with Crippen molar-refractivity contribution < 1.29 is 23.3 Å². The Balaban J connectivity index is 2.58. The van der Waals surface area contributed by atoms with Crippen LogP contribution in [-0.2, 0) is 10.8 Å². The quantitative estimate of drug-likeness (QED) is 0.801. The predicted octanol–water partition coefficient (Wildman–Crippen LogP) is 0.475. The van der Waals surface area contributed by atoms with E-state index >= 15 is 0 Å². The highest BCUT2D eigenvalue weighted by Crippen LogP contribution is 2.07. The zero-order valence-electron chi connectivity index (χ0n) is 9.43. The molecule has 2 unspecified atom stereocenters. The van der Waals surface area contributed by atoms with Gasteiger partial charge in [0.2, 0.25) is 5.76 Å². The van der Waals surface area contributed by atoms with Gasteiger partial charge in [-0.1, -0.05) is 0 Å². The number of carboxylic acids is 1. The van der Waals surface area contributed by atoms with E-state index in [4.69, 9.17) is 9.52 Å². The van der Waals surface area contributed by atoms with Crippen molar-refractivity contribution in [2.75, 3.05) is 12.8 Å². The van der Waals surface area contributed by atoms with Crippen LogP contribution in [0.15, 0.2) is 16.5 Å². The van der Waals surface area contributed by atoms with Crippen molar-refractivity contribution in [3.63, 3.8) is 0 Å². The molecule has 0 radical (unpaired) electrons. The predicted molar refractivity (Wildman–Crippen MR) is 61.5 cm³/mol. The summed E-state index contributed by atoms with van der Waals surface area (Å²) in [5.74, 6) is -2.11. The van der Waals surface area contributed by atoms with Gasteiger partial charge < -0.3 is 14.8 Å². The minimum absolute atomic E-state index is 0.0727. The van der Waals surface area contributed by atoms with Crippen molar-refractivity contribution in [1.82, 2.24) is 5.32 Å². The summed E-state index contributed by atoms with van der Waals surface area (Å²) >= 11 is 0. The number of hydrogen-bond donors (Lipinski definition) is 2. The second kappa shape index (κ2) is 5.62.